The molecule has 0 saturated heterocycles. The number of hydrogen-bond donors (Lipinski definition) is 2. The van der Waals surface area contributed by atoms with Crippen molar-refractivity contribution in [2.75, 3.05) is 6.61 Å². The highest BCUT2D eigenvalue weighted by Gasteiger charge is 2.21. The lowest BCUT2D eigenvalue weighted by Gasteiger charge is -2.12. The van der Waals surface area contributed by atoms with Gasteiger partial charge < -0.3 is 19.6 Å². The average molecular weight is 533 g/mol. The van der Waals surface area contributed by atoms with Gasteiger partial charge in [0.05, 0.1) is 24.0 Å². The predicted octanol–water partition coefficient (Wildman–Crippen LogP) is 7.16. The summed E-state index contributed by atoms with van der Waals surface area (Å²) in [5, 5.41) is 16.9. The Kier molecular flexibility index (Phi) is 6.66. The summed E-state index contributed by atoms with van der Waals surface area (Å²) in [6, 6.07) is 22.1. The number of H-pyrrole nitrogens is 1. The number of nitrogens with zero attached hydrogens (tertiary/aromatic N) is 3. The van der Waals surface area contributed by atoms with Crippen LogP contribution in [-0.4, -0.2) is 37.6 Å². The number of nitrogens with one attached hydrogen (secondary N) is 1. The number of fused-ring (bicyclic) bond motifs is 2. The lowest BCUT2D eigenvalue weighted by molar-refractivity contribution is 0.142. The molecule has 0 atom stereocenters. The number of ether oxygens (including phenoxy) is 2. The van der Waals surface area contributed by atoms with Gasteiger partial charge in [-0.25, -0.2) is 4.79 Å². The van der Waals surface area contributed by atoms with Gasteiger partial charge in [0, 0.05) is 52.5 Å². The summed E-state index contributed by atoms with van der Waals surface area (Å²) in [4.78, 5) is 19.6. The summed E-state index contributed by atoms with van der Waals surface area (Å²) in [5.41, 5.74) is 6.21. The maximum atomic E-state index is 11.6. The molecule has 0 spiro atoms. The molecule has 0 aliphatic carbocycles. The highest BCUT2D eigenvalue weighted by Crippen LogP contribution is 2.40. The van der Waals surface area contributed by atoms with Crippen molar-refractivity contribution < 1.29 is 19.4 Å². The van der Waals surface area contributed by atoms with Crippen molar-refractivity contribution in [2.45, 2.75) is 19.8 Å². The number of rotatable bonds is 8. The molecule has 0 aliphatic heterocycles. The first-order valence-corrected chi connectivity index (χ1v) is 13.1. The van der Waals surface area contributed by atoms with Crippen LogP contribution in [0.25, 0.3) is 44.1 Å². The minimum atomic E-state index is -1.37. The second kappa shape index (κ2) is 10.6. The first-order valence-electron chi connectivity index (χ1n) is 13.1. The molecule has 0 radical (unpaired) electrons. The van der Waals surface area contributed by atoms with E-state index in [0.29, 0.717) is 19.4 Å². The first kappa shape index (κ1) is 25.2. The Labute approximate surface area is 230 Å². The van der Waals surface area contributed by atoms with Gasteiger partial charge in [-0.3, -0.25) is 9.67 Å². The molecule has 2 N–H and O–H groups in total. The van der Waals surface area contributed by atoms with E-state index in [9.17, 15) is 9.90 Å². The molecule has 40 heavy (non-hydrogen) atoms. The fourth-order valence-electron chi connectivity index (χ4n) is 5.29. The van der Waals surface area contributed by atoms with E-state index in [2.05, 4.69) is 27.2 Å². The summed E-state index contributed by atoms with van der Waals surface area (Å²) >= 11 is 0. The maximum absolute atomic E-state index is 11.6. The van der Waals surface area contributed by atoms with E-state index in [-0.39, 0.29) is 5.88 Å². The molecular weight excluding hydrogens is 504 g/mol. The van der Waals surface area contributed by atoms with Crippen molar-refractivity contribution >= 4 is 27.8 Å². The Morgan fingerprint density at radius 1 is 1.02 bits per heavy atom. The van der Waals surface area contributed by atoms with E-state index in [1.807, 2.05) is 74.8 Å². The van der Waals surface area contributed by atoms with Crippen LogP contribution in [0.1, 0.15) is 17.5 Å². The van der Waals surface area contributed by atoms with Crippen LogP contribution < -0.4 is 9.47 Å². The minimum absolute atomic E-state index is 0.226. The quantitative estimate of drug-likeness (QED) is 0.159. The molecule has 3 aromatic heterocycles. The van der Waals surface area contributed by atoms with Gasteiger partial charge in [-0.1, -0.05) is 54.6 Å². The van der Waals surface area contributed by atoms with Crippen molar-refractivity contribution in [3.05, 3.63) is 96.4 Å². The summed E-state index contributed by atoms with van der Waals surface area (Å²) in [6.07, 6.45) is 5.38. The van der Waals surface area contributed by atoms with E-state index in [0.717, 1.165) is 60.9 Å². The molecule has 6 aromatic rings. The van der Waals surface area contributed by atoms with Crippen LogP contribution in [0.15, 0.2) is 85.3 Å². The molecule has 0 aliphatic rings. The van der Waals surface area contributed by atoms with E-state index in [1.165, 1.54) is 0 Å². The van der Waals surface area contributed by atoms with Gasteiger partial charge in [-0.05, 0) is 42.8 Å². The molecule has 3 aromatic carbocycles. The number of carbonyl (C=O) groups is 1. The minimum Gasteiger partial charge on any atom is -0.493 e. The SMILES string of the molecule is Cc1ccnc(-c2cnn(C)c2)c1-c1cccc2c(CCCOc3cccc4ccccc34)c(OC(=O)O)[nH]c12. The number of para-hydroxylation sites is 1. The molecule has 8 nitrogen and oxygen atoms in total. The number of aromatic amines is 1. The number of carboxylic acid groups (broad SMARTS) is 1. The number of aromatic nitrogens is 4. The third kappa shape index (κ3) is 4.75. The topological polar surface area (TPSA) is 102 Å². The van der Waals surface area contributed by atoms with E-state index < -0.39 is 6.16 Å². The molecule has 0 fully saturated rings. The summed E-state index contributed by atoms with van der Waals surface area (Å²) in [7, 11) is 1.87. The molecule has 6 rings (SSSR count). The number of pyridine rings is 1. The standard InChI is InChI=1S/C32H28N4O4/c1-20-15-16-33-29(22-18-34-36(2)19-22)28(20)26-12-6-11-24-25(31(35-30(24)26)40-32(37)38)13-7-17-39-27-14-5-9-21-8-3-4-10-23(21)27/h3-6,8-12,14-16,18-19,35H,7,13,17H2,1-2H3,(H,37,38). The highest BCUT2D eigenvalue weighted by atomic mass is 16.7. The Morgan fingerprint density at radius 2 is 1.82 bits per heavy atom. The Bertz CT molecular complexity index is 1850. The molecule has 3 heterocycles. The van der Waals surface area contributed by atoms with Crippen LogP contribution in [-0.2, 0) is 13.5 Å². The largest absolute Gasteiger partial charge is 0.512 e. The van der Waals surface area contributed by atoms with E-state index in [1.54, 1.807) is 17.1 Å². The van der Waals surface area contributed by atoms with Gasteiger partial charge in [0.1, 0.15) is 5.75 Å². The Balaban J connectivity index is 1.35. The molecule has 0 amide bonds. The normalized spacial score (nSPS) is 11.2. The third-order valence-electron chi connectivity index (χ3n) is 7.08. The predicted molar refractivity (Wildman–Crippen MR) is 155 cm³/mol. The van der Waals surface area contributed by atoms with Crippen molar-refractivity contribution in [1.82, 2.24) is 19.7 Å². The van der Waals surface area contributed by atoms with Gasteiger partial charge in [0.2, 0.25) is 5.88 Å². The van der Waals surface area contributed by atoms with E-state index in [4.69, 9.17) is 9.47 Å². The van der Waals surface area contributed by atoms with Crippen LogP contribution in [0, 0.1) is 6.92 Å². The molecule has 200 valence electrons. The molecule has 0 bridgehead atoms. The van der Waals surface area contributed by atoms with Crippen molar-refractivity contribution in [2.24, 2.45) is 7.05 Å². The summed E-state index contributed by atoms with van der Waals surface area (Å²) in [6.45, 7) is 2.51. The molecule has 0 unspecified atom stereocenters. The van der Waals surface area contributed by atoms with Gasteiger partial charge >= 0.3 is 6.16 Å². The zero-order chi connectivity index (χ0) is 27.6. The molecular formula is C32H28N4O4. The average Bonchev–Trinajstić information content (AvgIpc) is 3.53. The highest BCUT2D eigenvalue weighted by molar-refractivity contribution is 6.01. The van der Waals surface area contributed by atoms with Crippen LogP contribution in [0.5, 0.6) is 11.6 Å². The monoisotopic (exact) mass is 532 g/mol. The van der Waals surface area contributed by atoms with Gasteiger partial charge in [0.15, 0.2) is 0 Å². The van der Waals surface area contributed by atoms with Crippen LogP contribution in [0.4, 0.5) is 4.79 Å². The zero-order valence-electron chi connectivity index (χ0n) is 22.2. The number of aryl methyl sites for hydroxylation is 3. The lowest BCUT2D eigenvalue weighted by atomic mass is 9.94. The second-order valence-electron chi connectivity index (χ2n) is 9.71. The van der Waals surface area contributed by atoms with Gasteiger partial charge in [-0.15, -0.1) is 0 Å². The maximum Gasteiger partial charge on any atom is 0.512 e. The fraction of sp³-hybridized carbons (Fsp3) is 0.156. The zero-order valence-corrected chi connectivity index (χ0v) is 22.2. The van der Waals surface area contributed by atoms with E-state index >= 15 is 0 Å². The Hall–Kier alpha value is -5.11. The van der Waals surface area contributed by atoms with Crippen LogP contribution in [0.3, 0.4) is 0 Å². The Morgan fingerprint density at radius 3 is 2.65 bits per heavy atom. The number of hydrogen-bond acceptors (Lipinski definition) is 5. The lowest BCUT2D eigenvalue weighted by Crippen LogP contribution is -2.06. The summed E-state index contributed by atoms with van der Waals surface area (Å²) in [5.74, 6) is 1.06. The molecule has 0 saturated carbocycles. The fourth-order valence-corrected chi connectivity index (χ4v) is 5.29. The van der Waals surface area contributed by atoms with Gasteiger partial charge in [-0.2, -0.15) is 5.10 Å². The van der Waals surface area contributed by atoms with Crippen molar-refractivity contribution in [1.29, 1.82) is 0 Å². The second-order valence-corrected chi connectivity index (χ2v) is 9.71. The number of benzene rings is 3. The van der Waals surface area contributed by atoms with Crippen molar-refractivity contribution in [3.63, 3.8) is 0 Å². The smallest absolute Gasteiger partial charge is 0.493 e. The van der Waals surface area contributed by atoms with Crippen LogP contribution >= 0.6 is 0 Å². The van der Waals surface area contributed by atoms with Crippen molar-refractivity contribution in [3.8, 4) is 34.0 Å². The van der Waals surface area contributed by atoms with Crippen LogP contribution in [0.2, 0.25) is 0 Å². The third-order valence-corrected chi connectivity index (χ3v) is 7.08. The first-order chi connectivity index (χ1) is 19.5. The molecule has 8 heteroatoms. The summed E-state index contributed by atoms with van der Waals surface area (Å²) < 4.78 is 13.1. The van der Waals surface area contributed by atoms with Gasteiger partial charge in [0.25, 0.3) is 0 Å².